The van der Waals surface area contributed by atoms with Gasteiger partial charge in [-0.2, -0.15) is 0 Å². The van der Waals surface area contributed by atoms with E-state index in [1.54, 1.807) is 0 Å². The number of hydrogen-bond acceptors (Lipinski definition) is 2. The van der Waals surface area contributed by atoms with Gasteiger partial charge in [-0.25, -0.2) is 9.49 Å². The maximum atomic E-state index is 4.28. The molecule has 1 saturated carbocycles. The van der Waals surface area contributed by atoms with Crippen LogP contribution in [0.25, 0.3) is 0 Å². The van der Waals surface area contributed by atoms with Gasteiger partial charge in [0.2, 0.25) is 0 Å². The molecule has 0 aliphatic heterocycles. The molecule has 1 aliphatic carbocycles. The molecule has 0 amide bonds. The van der Waals surface area contributed by atoms with Crippen molar-refractivity contribution in [2.75, 3.05) is 0 Å². The first-order valence-corrected chi connectivity index (χ1v) is 4.22. The van der Waals surface area contributed by atoms with Gasteiger partial charge in [0, 0.05) is 5.92 Å². The first-order chi connectivity index (χ1) is 4.47. The molecule has 1 aromatic rings. The Labute approximate surface area is 55.9 Å². The summed E-state index contributed by atoms with van der Waals surface area (Å²) in [6.45, 7) is 0. The zero-order chi connectivity index (χ0) is 6.10. The molecule has 1 heterocycles. The van der Waals surface area contributed by atoms with Gasteiger partial charge < -0.3 is 0 Å². The minimum absolute atomic E-state index is 0.476. The van der Waals surface area contributed by atoms with E-state index in [0.29, 0.717) is 8.51 Å². The summed E-state index contributed by atoms with van der Waals surface area (Å²) in [6, 6.07) is 0. The second-order valence-corrected chi connectivity index (χ2v) is 3.20. The summed E-state index contributed by atoms with van der Waals surface area (Å²) in [5.74, 6) is 0.781. The summed E-state index contributed by atoms with van der Waals surface area (Å²) in [5.41, 5.74) is 1.26. The van der Waals surface area contributed by atoms with Crippen molar-refractivity contribution in [3.05, 3.63) is 11.9 Å². The van der Waals surface area contributed by atoms with Gasteiger partial charge in [-0.05, 0) is 12.8 Å². The van der Waals surface area contributed by atoms with Crippen LogP contribution in [0.5, 0.6) is 0 Å². The third-order valence-electron chi connectivity index (χ3n) is 1.96. The van der Waals surface area contributed by atoms with Crippen LogP contribution in [-0.4, -0.2) is 9.49 Å². The fraction of sp³-hybridized carbons (Fsp3) is 0.667. The van der Waals surface area contributed by atoms with E-state index in [4.69, 9.17) is 0 Å². The Kier molecular flexibility index (Phi) is 1.27. The van der Waals surface area contributed by atoms with Crippen molar-refractivity contribution in [3.8, 4) is 0 Å². The molecule has 0 N–H and O–H groups in total. The van der Waals surface area contributed by atoms with Crippen LogP contribution in [0.15, 0.2) is 6.20 Å². The summed E-state index contributed by atoms with van der Waals surface area (Å²) in [5, 5.41) is 0. The average Bonchev–Trinajstić information content (AvgIpc) is 2.11. The Balaban J connectivity index is 2.14. The molecule has 0 radical (unpaired) electrons. The normalized spacial score (nSPS) is 20.4. The SMILES string of the molecule is c1n[pH]nc1C1CCC1. The summed E-state index contributed by atoms with van der Waals surface area (Å²) in [7, 11) is 0.476. The van der Waals surface area contributed by atoms with Gasteiger partial charge in [0.05, 0.1) is 20.4 Å². The standard InChI is InChI=1S/C6H9N2P/c1-2-5(3-1)6-4-7-9-8-6/h4-5,9H,1-3H2. The lowest BCUT2D eigenvalue weighted by Crippen LogP contribution is -2.08. The van der Waals surface area contributed by atoms with Gasteiger partial charge in [-0.15, -0.1) is 0 Å². The molecule has 1 unspecified atom stereocenters. The highest BCUT2D eigenvalue weighted by molar-refractivity contribution is 7.20. The Morgan fingerprint density at radius 1 is 1.56 bits per heavy atom. The molecule has 1 aliphatic rings. The predicted octanol–water partition coefficient (Wildman–Crippen LogP) is 1.78. The minimum atomic E-state index is 0.476. The molecule has 9 heavy (non-hydrogen) atoms. The molecular formula is C6H9N2P. The molecule has 2 nitrogen and oxygen atoms in total. The van der Waals surface area contributed by atoms with Crippen molar-refractivity contribution < 1.29 is 0 Å². The molecule has 3 heteroatoms. The molecule has 1 atom stereocenters. The van der Waals surface area contributed by atoms with E-state index in [-0.39, 0.29) is 0 Å². The van der Waals surface area contributed by atoms with Crippen molar-refractivity contribution in [1.82, 2.24) is 9.49 Å². The van der Waals surface area contributed by atoms with E-state index in [9.17, 15) is 0 Å². The van der Waals surface area contributed by atoms with Crippen LogP contribution in [0.4, 0.5) is 0 Å². The van der Waals surface area contributed by atoms with Crippen LogP contribution in [0.1, 0.15) is 30.9 Å². The number of aromatic nitrogens is 2. The molecule has 0 bridgehead atoms. The summed E-state index contributed by atoms with van der Waals surface area (Å²) in [4.78, 5) is 0. The largest absolute Gasteiger partial charge is 0.228 e. The Morgan fingerprint density at radius 2 is 2.44 bits per heavy atom. The maximum Gasteiger partial charge on any atom is 0.0677 e. The minimum Gasteiger partial charge on any atom is -0.228 e. The molecular weight excluding hydrogens is 131 g/mol. The lowest BCUT2D eigenvalue weighted by molar-refractivity contribution is 0.413. The Bertz CT molecular complexity index is 179. The van der Waals surface area contributed by atoms with Gasteiger partial charge in [-0.1, -0.05) is 6.42 Å². The Hall–Kier alpha value is -0.360. The fourth-order valence-electron chi connectivity index (χ4n) is 1.11. The van der Waals surface area contributed by atoms with Crippen molar-refractivity contribution in [2.45, 2.75) is 25.2 Å². The maximum absolute atomic E-state index is 4.28. The predicted molar refractivity (Wildman–Crippen MR) is 38.1 cm³/mol. The topological polar surface area (TPSA) is 25.8 Å². The zero-order valence-electron chi connectivity index (χ0n) is 5.17. The van der Waals surface area contributed by atoms with Gasteiger partial charge in [0.15, 0.2) is 0 Å². The average molecular weight is 140 g/mol. The van der Waals surface area contributed by atoms with Crippen LogP contribution in [0.2, 0.25) is 0 Å². The smallest absolute Gasteiger partial charge is 0.0677 e. The van der Waals surface area contributed by atoms with E-state index < -0.39 is 0 Å². The van der Waals surface area contributed by atoms with Crippen molar-refractivity contribution in [1.29, 1.82) is 0 Å². The van der Waals surface area contributed by atoms with Gasteiger partial charge in [-0.3, -0.25) is 0 Å². The lowest BCUT2D eigenvalue weighted by atomic mass is 9.83. The summed E-state index contributed by atoms with van der Waals surface area (Å²) < 4.78 is 8.35. The first-order valence-electron chi connectivity index (χ1n) is 3.32. The molecule has 1 fully saturated rings. The van der Waals surface area contributed by atoms with E-state index in [0.717, 1.165) is 5.92 Å². The van der Waals surface area contributed by atoms with E-state index in [1.165, 1.54) is 25.0 Å². The van der Waals surface area contributed by atoms with Crippen LogP contribution < -0.4 is 0 Å². The lowest BCUT2D eigenvalue weighted by Gasteiger charge is -2.22. The van der Waals surface area contributed by atoms with E-state index in [2.05, 4.69) is 9.49 Å². The van der Waals surface area contributed by atoms with Gasteiger partial charge in [0.1, 0.15) is 0 Å². The van der Waals surface area contributed by atoms with Crippen LogP contribution in [0.3, 0.4) is 0 Å². The molecule has 0 aromatic carbocycles. The highest BCUT2D eigenvalue weighted by Crippen LogP contribution is 2.35. The van der Waals surface area contributed by atoms with Gasteiger partial charge >= 0.3 is 0 Å². The van der Waals surface area contributed by atoms with Crippen molar-refractivity contribution in [2.24, 2.45) is 0 Å². The quantitative estimate of drug-likeness (QED) is 0.594. The van der Waals surface area contributed by atoms with E-state index >= 15 is 0 Å². The number of nitrogens with zero attached hydrogens (tertiary/aromatic N) is 2. The number of hydrogen-bond donors (Lipinski definition) is 0. The fourth-order valence-corrected chi connectivity index (χ4v) is 1.71. The monoisotopic (exact) mass is 140 g/mol. The molecule has 1 aromatic heterocycles. The van der Waals surface area contributed by atoms with Crippen LogP contribution in [-0.2, 0) is 0 Å². The molecule has 0 saturated heterocycles. The highest BCUT2D eigenvalue weighted by Gasteiger charge is 2.20. The second kappa shape index (κ2) is 2.11. The van der Waals surface area contributed by atoms with Crippen molar-refractivity contribution >= 4 is 8.51 Å². The number of rotatable bonds is 1. The third kappa shape index (κ3) is 0.878. The molecule has 2 rings (SSSR count). The molecule has 0 spiro atoms. The van der Waals surface area contributed by atoms with Gasteiger partial charge in [0.25, 0.3) is 0 Å². The van der Waals surface area contributed by atoms with Crippen LogP contribution in [0, 0.1) is 0 Å². The summed E-state index contributed by atoms with van der Waals surface area (Å²) >= 11 is 0. The zero-order valence-corrected chi connectivity index (χ0v) is 6.17. The van der Waals surface area contributed by atoms with Crippen molar-refractivity contribution in [3.63, 3.8) is 0 Å². The van der Waals surface area contributed by atoms with Crippen LogP contribution >= 0.6 is 8.51 Å². The summed E-state index contributed by atoms with van der Waals surface area (Å²) in [6.07, 6.45) is 6.02. The second-order valence-electron chi connectivity index (χ2n) is 2.52. The molecule has 48 valence electrons. The Morgan fingerprint density at radius 3 is 2.89 bits per heavy atom. The first kappa shape index (κ1) is 5.43. The highest BCUT2D eigenvalue weighted by atomic mass is 31.1. The van der Waals surface area contributed by atoms with E-state index in [1.807, 2.05) is 6.20 Å². The third-order valence-corrected chi connectivity index (χ3v) is 2.56.